The third-order valence-corrected chi connectivity index (χ3v) is 4.51. The van der Waals surface area contributed by atoms with Gasteiger partial charge in [-0.1, -0.05) is 24.3 Å². The zero-order valence-corrected chi connectivity index (χ0v) is 14.0. The molecule has 0 saturated heterocycles. The van der Waals surface area contributed by atoms with Gasteiger partial charge >= 0.3 is 0 Å². The molecule has 0 radical (unpaired) electrons. The number of pyridine rings is 1. The first kappa shape index (κ1) is 15.5. The Hall–Kier alpha value is -3.06. The van der Waals surface area contributed by atoms with Gasteiger partial charge in [-0.15, -0.1) is 0 Å². The number of rotatable bonds is 1. The first-order valence-electron chi connectivity index (χ1n) is 8.15. The van der Waals surface area contributed by atoms with Crippen LogP contribution in [-0.4, -0.2) is 16.2 Å². The second kappa shape index (κ2) is 5.49. The first-order chi connectivity index (χ1) is 12.0. The molecule has 0 aliphatic carbocycles. The van der Waals surface area contributed by atoms with Crippen LogP contribution >= 0.6 is 0 Å². The predicted molar refractivity (Wildman–Crippen MR) is 96.3 cm³/mol. The summed E-state index contributed by atoms with van der Waals surface area (Å²) in [6, 6.07) is 14.8. The average molecular weight is 329 g/mol. The Kier molecular flexibility index (Phi) is 3.40. The topological polar surface area (TPSA) is 49.0 Å². The van der Waals surface area contributed by atoms with Crippen molar-refractivity contribution in [1.82, 2.24) is 4.98 Å². The van der Waals surface area contributed by atoms with Crippen molar-refractivity contribution >= 4 is 16.6 Å². The highest BCUT2D eigenvalue weighted by molar-refractivity contribution is 6.15. The minimum Gasteiger partial charge on any atom is -0.278 e. The summed E-state index contributed by atoms with van der Waals surface area (Å²) in [5.41, 5.74) is 4.33. The van der Waals surface area contributed by atoms with E-state index in [1.807, 2.05) is 30.3 Å². The molecule has 3 aromatic rings. The minimum atomic E-state index is -0.331. The number of hydrogen-bond donors (Lipinski definition) is 0. The number of benzene rings is 2. The van der Waals surface area contributed by atoms with Crippen molar-refractivity contribution in [2.24, 2.45) is 4.99 Å². The maximum Gasteiger partial charge on any atom is 0.149 e. The largest absolute Gasteiger partial charge is 0.278 e. The van der Waals surface area contributed by atoms with E-state index < -0.39 is 0 Å². The van der Waals surface area contributed by atoms with Crippen LogP contribution < -0.4 is 0 Å². The fraction of sp³-hybridized carbons (Fsp3) is 0.190. The van der Waals surface area contributed by atoms with Crippen molar-refractivity contribution in [2.45, 2.75) is 25.8 Å². The molecule has 0 N–H and O–H groups in total. The zero-order valence-electron chi connectivity index (χ0n) is 14.0. The van der Waals surface area contributed by atoms with E-state index in [1.54, 1.807) is 12.3 Å². The molecule has 122 valence electrons. The Morgan fingerprint density at radius 3 is 2.76 bits per heavy atom. The highest BCUT2D eigenvalue weighted by Crippen LogP contribution is 2.32. The van der Waals surface area contributed by atoms with Crippen LogP contribution in [0.15, 0.2) is 53.7 Å². The molecular formula is C21H16FN3. The summed E-state index contributed by atoms with van der Waals surface area (Å²) in [5, 5.41) is 10.2. The lowest BCUT2D eigenvalue weighted by Crippen LogP contribution is -2.30. The standard InChI is InChI=1S/C21H16FN3/c1-21(2)10-17-14(11-23)6-3-7-16(17)19(25-21)15-9-13-5-4-8-18(22)20(13)24-12-15/h3-9,12H,10H2,1-2H3. The van der Waals surface area contributed by atoms with E-state index >= 15 is 0 Å². The van der Waals surface area contributed by atoms with Crippen LogP contribution in [0.2, 0.25) is 0 Å². The van der Waals surface area contributed by atoms with Gasteiger partial charge in [0.05, 0.1) is 22.9 Å². The first-order valence-corrected chi connectivity index (χ1v) is 8.15. The van der Waals surface area contributed by atoms with Gasteiger partial charge in [0.2, 0.25) is 0 Å². The van der Waals surface area contributed by atoms with Crippen LogP contribution in [0.1, 0.15) is 36.1 Å². The smallest absolute Gasteiger partial charge is 0.149 e. The van der Waals surface area contributed by atoms with Gasteiger partial charge < -0.3 is 0 Å². The van der Waals surface area contributed by atoms with Crippen molar-refractivity contribution in [3.63, 3.8) is 0 Å². The van der Waals surface area contributed by atoms with E-state index in [4.69, 9.17) is 4.99 Å². The molecule has 0 amide bonds. The Balaban J connectivity index is 1.96. The van der Waals surface area contributed by atoms with Crippen LogP contribution in [0.5, 0.6) is 0 Å². The maximum atomic E-state index is 13.9. The fourth-order valence-corrected chi connectivity index (χ4v) is 3.41. The second-order valence-corrected chi connectivity index (χ2v) is 6.93. The van der Waals surface area contributed by atoms with Gasteiger partial charge in [-0.2, -0.15) is 5.26 Å². The number of aromatic nitrogens is 1. The number of para-hydroxylation sites is 1. The minimum absolute atomic E-state index is 0.313. The van der Waals surface area contributed by atoms with E-state index in [9.17, 15) is 9.65 Å². The molecule has 25 heavy (non-hydrogen) atoms. The van der Waals surface area contributed by atoms with Crippen LogP contribution in [0.3, 0.4) is 0 Å². The number of nitrogens with zero attached hydrogens (tertiary/aromatic N) is 3. The van der Waals surface area contributed by atoms with E-state index in [0.29, 0.717) is 17.5 Å². The predicted octanol–water partition coefficient (Wildman–Crippen LogP) is 4.42. The Morgan fingerprint density at radius 2 is 1.96 bits per heavy atom. The monoisotopic (exact) mass is 329 g/mol. The molecule has 1 aliphatic heterocycles. The summed E-state index contributed by atoms with van der Waals surface area (Å²) in [6.07, 6.45) is 2.37. The summed E-state index contributed by atoms with van der Waals surface area (Å²) < 4.78 is 13.9. The molecule has 3 nitrogen and oxygen atoms in total. The van der Waals surface area contributed by atoms with Gasteiger partial charge in [-0.3, -0.25) is 9.98 Å². The van der Waals surface area contributed by atoms with Gasteiger partial charge in [0, 0.05) is 22.7 Å². The lowest BCUT2D eigenvalue weighted by molar-refractivity contribution is 0.513. The zero-order chi connectivity index (χ0) is 17.6. The number of nitriles is 1. The van der Waals surface area contributed by atoms with E-state index in [1.165, 1.54) is 6.07 Å². The Morgan fingerprint density at radius 1 is 1.16 bits per heavy atom. The van der Waals surface area contributed by atoms with Crippen LogP contribution in [0.25, 0.3) is 10.9 Å². The maximum absolute atomic E-state index is 13.9. The van der Waals surface area contributed by atoms with Crippen LogP contribution in [-0.2, 0) is 6.42 Å². The van der Waals surface area contributed by atoms with Gasteiger partial charge in [-0.05, 0) is 44.0 Å². The lowest BCUT2D eigenvalue weighted by Gasteiger charge is -2.29. The number of fused-ring (bicyclic) bond motifs is 2. The SMILES string of the molecule is CC1(C)Cc2c(C#N)cccc2C(c2cnc3c(F)cccc3c2)=N1. The summed E-state index contributed by atoms with van der Waals surface area (Å²) in [6.45, 7) is 4.11. The normalized spacial score (nSPS) is 15.4. The average Bonchev–Trinajstić information content (AvgIpc) is 2.60. The Labute approximate surface area is 145 Å². The number of halogens is 1. The molecule has 0 bridgehead atoms. The van der Waals surface area contributed by atoms with Crippen molar-refractivity contribution in [3.8, 4) is 6.07 Å². The molecule has 2 heterocycles. The molecule has 0 saturated carbocycles. The van der Waals surface area contributed by atoms with Crippen LogP contribution in [0, 0.1) is 17.1 Å². The van der Waals surface area contributed by atoms with Crippen molar-refractivity contribution in [3.05, 3.63) is 76.7 Å². The molecular weight excluding hydrogens is 313 g/mol. The van der Waals surface area contributed by atoms with E-state index in [2.05, 4.69) is 24.9 Å². The van der Waals surface area contributed by atoms with Crippen molar-refractivity contribution in [1.29, 1.82) is 5.26 Å². The molecule has 4 heteroatoms. The van der Waals surface area contributed by atoms with Gasteiger partial charge in [-0.25, -0.2) is 4.39 Å². The molecule has 4 rings (SSSR count). The summed E-state index contributed by atoms with van der Waals surface area (Å²) in [5.74, 6) is -0.331. The summed E-state index contributed by atoms with van der Waals surface area (Å²) in [4.78, 5) is 9.20. The highest BCUT2D eigenvalue weighted by Gasteiger charge is 2.29. The molecule has 1 aliphatic rings. The second-order valence-electron chi connectivity index (χ2n) is 6.93. The number of hydrogen-bond acceptors (Lipinski definition) is 3. The molecule has 0 atom stereocenters. The van der Waals surface area contributed by atoms with Gasteiger partial charge in [0.15, 0.2) is 0 Å². The fourth-order valence-electron chi connectivity index (χ4n) is 3.41. The third kappa shape index (κ3) is 2.58. The summed E-state index contributed by atoms with van der Waals surface area (Å²) >= 11 is 0. The quantitative estimate of drug-likeness (QED) is 0.663. The molecule has 0 unspecified atom stereocenters. The van der Waals surface area contributed by atoms with E-state index in [-0.39, 0.29) is 11.4 Å². The lowest BCUT2D eigenvalue weighted by atomic mass is 9.83. The molecule has 1 aromatic heterocycles. The van der Waals surface area contributed by atoms with Gasteiger partial charge in [0.25, 0.3) is 0 Å². The summed E-state index contributed by atoms with van der Waals surface area (Å²) in [7, 11) is 0. The van der Waals surface area contributed by atoms with Crippen molar-refractivity contribution in [2.75, 3.05) is 0 Å². The van der Waals surface area contributed by atoms with E-state index in [0.717, 1.165) is 27.8 Å². The van der Waals surface area contributed by atoms with Gasteiger partial charge in [0.1, 0.15) is 11.3 Å². The molecule has 0 fully saturated rings. The number of aliphatic imine (C=N–C) groups is 1. The Bertz CT molecular complexity index is 1070. The van der Waals surface area contributed by atoms with Crippen LogP contribution in [0.4, 0.5) is 4.39 Å². The molecule has 2 aromatic carbocycles. The third-order valence-electron chi connectivity index (χ3n) is 4.51. The highest BCUT2D eigenvalue weighted by atomic mass is 19.1. The van der Waals surface area contributed by atoms with Crippen molar-refractivity contribution < 1.29 is 4.39 Å². The molecule has 0 spiro atoms.